The monoisotopic (exact) mass is 309 g/mol. The van der Waals surface area contributed by atoms with Gasteiger partial charge >= 0.3 is 0 Å². The van der Waals surface area contributed by atoms with Crippen LogP contribution < -0.4 is 4.90 Å². The highest BCUT2D eigenvalue weighted by Gasteiger charge is 2.47. The Morgan fingerprint density at radius 2 is 1.60 bits per heavy atom. The number of alkyl halides is 1. The summed E-state index contributed by atoms with van der Waals surface area (Å²) in [6, 6.07) is 12.7. The van der Waals surface area contributed by atoms with Crippen molar-refractivity contribution in [2.75, 3.05) is 4.90 Å². The predicted molar refractivity (Wildman–Crippen MR) is 77.7 cm³/mol. The van der Waals surface area contributed by atoms with E-state index in [2.05, 4.69) is 0 Å². The fourth-order valence-electron chi connectivity index (χ4n) is 2.32. The normalized spacial score (nSPS) is 21.8. The second-order valence-corrected chi connectivity index (χ2v) is 5.49. The number of anilines is 1. The van der Waals surface area contributed by atoms with Crippen LogP contribution >= 0.6 is 23.2 Å². The van der Waals surface area contributed by atoms with Crippen LogP contribution in [0.4, 0.5) is 10.1 Å². The summed E-state index contributed by atoms with van der Waals surface area (Å²) in [5.41, 5.74) is 1.53. The summed E-state index contributed by atoms with van der Waals surface area (Å²) in [7, 11) is 0. The first-order chi connectivity index (χ1) is 9.58. The second-order valence-electron chi connectivity index (χ2n) is 4.58. The maximum atomic E-state index is 13.0. The fourth-order valence-corrected chi connectivity index (χ4v) is 2.81. The van der Waals surface area contributed by atoms with Crippen LogP contribution in [0.25, 0.3) is 0 Å². The van der Waals surface area contributed by atoms with Crippen LogP contribution in [0.2, 0.25) is 5.02 Å². The smallest absolute Gasteiger partial charge is 0.248 e. The first-order valence-corrected chi connectivity index (χ1v) is 6.87. The van der Waals surface area contributed by atoms with Gasteiger partial charge in [-0.2, -0.15) is 0 Å². The zero-order chi connectivity index (χ0) is 14.3. The molecule has 2 nitrogen and oxygen atoms in total. The largest absolute Gasteiger partial charge is 0.302 e. The van der Waals surface area contributed by atoms with Crippen molar-refractivity contribution in [2.24, 2.45) is 0 Å². The van der Waals surface area contributed by atoms with Gasteiger partial charge in [-0.3, -0.25) is 4.79 Å². The Kier molecular flexibility index (Phi) is 3.40. The van der Waals surface area contributed by atoms with E-state index in [1.54, 1.807) is 29.2 Å². The summed E-state index contributed by atoms with van der Waals surface area (Å²) in [4.78, 5) is 13.5. The van der Waals surface area contributed by atoms with E-state index in [0.717, 1.165) is 5.56 Å². The summed E-state index contributed by atoms with van der Waals surface area (Å²) in [5.74, 6) is -0.523. The number of amides is 1. The molecule has 0 saturated carbocycles. The molecule has 0 unspecified atom stereocenters. The molecular weight excluding hydrogens is 300 g/mol. The number of hydrogen-bond acceptors (Lipinski definition) is 1. The molecule has 102 valence electrons. The van der Waals surface area contributed by atoms with Crippen LogP contribution in [0.3, 0.4) is 0 Å². The van der Waals surface area contributed by atoms with Gasteiger partial charge in [0.1, 0.15) is 11.2 Å². The zero-order valence-corrected chi connectivity index (χ0v) is 11.8. The minimum absolute atomic E-state index is 0.182. The summed E-state index contributed by atoms with van der Waals surface area (Å²) < 4.78 is 13.0. The van der Waals surface area contributed by atoms with Crippen molar-refractivity contribution in [1.29, 1.82) is 0 Å². The van der Waals surface area contributed by atoms with Crippen molar-refractivity contribution in [3.05, 3.63) is 64.9 Å². The molecule has 0 spiro atoms. The molecule has 2 atom stereocenters. The number of carbonyl (C=O) groups excluding carboxylic acids is 1. The Labute approximate surface area is 125 Å². The second kappa shape index (κ2) is 5.08. The van der Waals surface area contributed by atoms with Crippen molar-refractivity contribution < 1.29 is 9.18 Å². The average molecular weight is 310 g/mol. The first-order valence-electron chi connectivity index (χ1n) is 6.06. The Bertz CT molecular complexity index is 642. The third-order valence-electron chi connectivity index (χ3n) is 3.35. The van der Waals surface area contributed by atoms with Gasteiger partial charge in [0.05, 0.1) is 6.04 Å². The molecule has 2 aromatic rings. The summed E-state index contributed by atoms with van der Waals surface area (Å²) >= 11 is 12.0. The lowest BCUT2D eigenvalue weighted by Crippen LogP contribution is -2.56. The van der Waals surface area contributed by atoms with E-state index in [1.165, 1.54) is 12.1 Å². The van der Waals surface area contributed by atoms with Crippen molar-refractivity contribution in [2.45, 2.75) is 11.4 Å². The molecule has 2 aromatic carbocycles. The SMILES string of the molecule is O=C1[C@@H](Cl)[C@H](c2ccc(Cl)cc2)N1c1ccc(F)cc1. The molecule has 0 bridgehead atoms. The Hall–Kier alpha value is -1.58. The molecule has 1 amide bonds. The Balaban J connectivity index is 1.95. The molecule has 5 heteroatoms. The molecule has 0 radical (unpaired) electrons. The van der Waals surface area contributed by atoms with Gasteiger partial charge < -0.3 is 4.90 Å². The molecule has 0 aliphatic carbocycles. The van der Waals surface area contributed by atoms with Crippen molar-refractivity contribution in [3.63, 3.8) is 0 Å². The molecule has 1 aliphatic rings. The topological polar surface area (TPSA) is 20.3 Å². The van der Waals surface area contributed by atoms with E-state index in [0.29, 0.717) is 10.7 Å². The van der Waals surface area contributed by atoms with Crippen LogP contribution in [-0.4, -0.2) is 11.3 Å². The fraction of sp³-hybridized carbons (Fsp3) is 0.133. The predicted octanol–water partition coefficient (Wildman–Crippen LogP) is 4.17. The van der Waals surface area contributed by atoms with Crippen LogP contribution in [0.1, 0.15) is 11.6 Å². The molecule has 1 aliphatic heterocycles. The highest BCUT2D eigenvalue weighted by Crippen LogP contribution is 2.42. The molecule has 20 heavy (non-hydrogen) atoms. The van der Waals surface area contributed by atoms with Gasteiger partial charge in [-0.05, 0) is 42.0 Å². The van der Waals surface area contributed by atoms with Crippen LogP contribution in [0, 0.1) is 5.82 Å². The summed E-state index contributed by atoms with van der Waals surface area (Å²) in [5, 5.41) is 0.0140. The minimum atomic E-state index is -0.610. The minimum Gasteiger partial charge on any atom is -0.302 e. The van der Waals surface area contributed by atoms with Gasteiger partial charge in [0.25, 0.3) is 0 Å². The lowest BCUT2D eigenvalue weighted by Gasteiger charge is -2.44. The molecule has 1 fully saturated rings. The van der Waals surface area contributed by atoms with Crippen LogP contribution in [0.5, 0.6) is 0 Å². The van der Waals surface area contributed by atoms with Gasteiger partial charge in [0, 0.05) is 10.7 Å². The third-order valence-corrected chi connectivity index (χ3v) is 4.02. The molecule has 0 aromatic heterocycles. The van der Waals surface area contributed by atoms with E-state index in [9.17, 15) is 9.18 Å². The van der Waals surface area contributed by atoms with Crippen LogP contribution in [-0.2, 0) is 4.79 Å². The molecule has 1 saturated heterocycles. The number of halogens is 3. The van der Waals surface area contributed by atoms with Crippen molar-refractivity contribution in [3.8, 4) is 0 Å². The van der Waals surface area contributed by atoms with E-state index in [-0.39, 0.29) is 17.8 Å². The number of β-lactam (4-membered cyclic amide) rings is 1. The highest BCUT2D eigenvalue weighted by molar-refractivity contribution is 6.37. The van der Waals surface area contributed by atoms with E-state index < -0.39 is 5.38 Å². The number of benzene rings is 2. The van der Waals surface area contributed by atoms with E-state index in [4.69, 9.17) is 23.2 Å². The van der Waals surface area contributed by atoms with Gasteiger partial charge in [0.2, 0.25) is 5.91 Å². The Morgan fingerprint density at radius 3 is 2.20 bits per heavy atom. The standard InChI is InChI=1S/C15H10Cl2FNO/c16-10-3-1-9(2-4-10)14-13(17)15(20)19(14)12-7-5-11(18)6-8-12/h1-8,13-14H/t13-,14-/m0/s1. The number of carbonyl (C=O) groups is 1. The quantitative estimate of drug-likeness (QED) is 0.602. The maximum absolute atomic E-state index is 13.0. The van der Waals surface area contributed by atoms with E-state index in [1.807, 2.05) is 12.1 Å². The maximum Gasteiger partial charge on any atom is 0.248 e. The Morgan fingerprint density at radius 1 is 1.00 bits per heavy atom. The summed E-state index contributed by atoms with van der Waals surface area (Å²) in [6.07, 6.45) is 0. The lowest BCUT2D eigenvalue weighted by atomic mass is 9.92. The first kappa shape index (κ1) is 13.4. The zero-order valence-electron chi connectivity index (χ0n) is 10.3. The average Bonchev–Trinajstić information content (AvgIpc) is 2.46. The molecule has 0 N–H and O–H groups in total. The number of hydrogen-bond donors (Lipinski definition) is 0. The number of nitrogens with zero attached hydrogens (tertiary/aromatic N) is 1. The lowest BCUT2D eigenvalue weighted by molar-refractivity contribution is -0.123. The van der Waals surface area contributed by atoms with Gasteiger partial charge in [-0.15, -0.1) is 11.6 Å². The highest BCUT2D eigenvalue weighted by atomic mass is 35.5. The van der Waals surface area contributed by atoms with Gasteiger partial charge in [-0.1, -0.05) is 23.7 Å². The van der Waals surface area contributed by atoms with Gasteiger partial charge in [-0.25, -0.2) is 4.39 Å². The van der Waals surface area contributed by atoms with Crippen molar-refractivity contribution in [1.82, 2.24) is 0 Å². The number of rotatable bonds is 2. The molecule has 1 heterocycles. The third kappa shape index (κ3) is 2.17. The summed E-state index contributed by atoms with van der Waals surface area (Å²) in [6.45, 7) is 0. The van der Waals surface area contributed by atoms with Gasteiger partial charge in [0.15, 0.2) is 0 Å². The van der Waals surface area contributed by atoms with Crippen molar-refractivity contribution >= 4 is 34.8 Å². The van der Waals surface area contributed by atoms with E-state index >= 15 is 0 Å². The molecule has 3 rings (SSSR count). The van der Waals surface area contributed by atoms with Crippen LogP contribution in [0.15, 0.2) is 48.5 Å². The molecular formula is C15H10Cl2FNO.